The number of carbonyl (C=O) groups is 1. The van der Waals surface area contributed by atoms with Gasteiger partial charge in [0.25, 0.3) is 0 Å². The van der Waals surface area contributed by atoms with Gasteiger partial charge in [-0.05, 0) is 31.4 Å². The van der Waals surface area contributed by atoms with E-state index in [1.54, 1.807) is 16.4 Å². The summed E-state index contributed by atoms with van der Waals surface area (Å²) in [6.07, 6.45) is 2.08. The fourth-order valence-electron chi connectivity index (χ4n) is 3.44. The zero-order valence-corrected chi connectivity index (χ0v) is 15.6. The van der Waals surface area contributed by atoms with Crippen LogP contribution in [-0.2, 0) is 25.1 Å². The highest BCUT2D eigenvalue weighted by Gasteiger charge is 2.31. The molecule has 0 atom stereocenters. The number of aromatic amines is 1. The summed E-state index contributed by atoms with van der Waals surface area (Å²) >= 11 is 1.64. The lowest BCUT2D eigenvalue weighted by atomic mass is 9.94. The molecule has 1 aliphatic rings. The second-order valence-corrected chi connectivity index (χ2v) is 7.47. The van der Waals surface area contributed by atoms with Crippen molar-refractivity contribution in [3.05, 3.63) is 52.8 Å². The Kier molecular flexibility index (Phi) is 5.00. The van der Waals surface area contributed by atoms with Gasteiger partial charge >= 0.3 is 5.97 Å². The van der Waals surface area contributed by atoms with Crippen molar-refractivity contribution < 1.29 is 9.90 Å². The van der Waals surface area contributed by atoms with Gasteiger partial charge in [-0.2, -0.15) is 10.2 Å². The predicted molar refractivity (Wildman–Crippen MR) is 104 cm³/mol. The predicted octanol–water partition coefficient (Wildman–Crippen LogP) is 2.71. The van der Waals surface area contributed by atoms with Crippen molar-refractivity contribution in [2.45, 2.75) is 36.6 Å². The van der Waals surface area contributed by atoms with Crippen molar-refractivity contribution in [3.63, 3.8) is 0 Å². The van der Waals surface area contributed by atoms with E-state index in [9.17, 15) is 9.90 Å². The van der Waals surface area contributed by atoms with E-state index in [2.05, 4.69) is 27.4 Å². The smallest absolute Gasteiger partial charge is 0.354 e. The molecule has 0 amide bonds. The first-order valence-electron chi connectivity index (χ1n) is 8.96. The van der Waals surface area contributed by atoms with Crippen molar-refractivity contribution in [1.82, 2.24) is 20.0 Å². The molecule has 4 N–H and O–H groups in total. The SMILES string of the molecule is NCCCn1nc2c(c1C(=O)O)CCc1[nH]nc(SCc3ccccc3)c1-2. The summed E-state index contributed by atoms with van der Waals surface area (Å²) in [6.45, 7) is 1.00. The first kappa shape index (κ1) is 17.8. The second-order valence-electron chi connectivity index (χ2n) is 6.50. The van der Waals surface area contributed by atoms with Crippen LogP contribution in [0.2, 0.25) is 0 Å². The fourth-order valence-corrected chi connectivity index (χ4v) is 4.41. The molecule has 0 saturated carbocycles. The minimum atomic E-state index is -0.939. The minimum Gasteiger partial charge on any atom is -0.477 e. The van der Waals surface area contributed by atoms with E-state index < -0.39 is 5.97 Å². The Balaban J connectivity index is 1.70. The molecule has 1 aliphatic carbocycles. The monoisotopic (exact) mass is 383 g/mol. The van der Waals surface area contributed by atoms with Crippen molar-refractivity contribution in [3.8, 4) is 11.3 Å². The molecule has 0 unspecified atom stereocenters. The van der Waals surface area contributed by atoms with Gasteiger partial charge in [0, 0.05) is 23.6 Å². The molecule has 3 aromatic rings. The van der Waals surface area contributed by atoms with Crippen molar-refractivity contribution in [1.29, 1.82) is 0 Å². The fraction of sp³-hybridized carbons (Fsp3) is 0.316. The van der Waals surface area contributed by atoms with E-state index in [1.807, 2.05) is 18.2 Å². The van der Waals surface area contributed by atoms with Crippen molar-refractivity contribution in [2.75, 3.05) is 6.54 Å². The van der Waals surface area contributed by atoms with Crippen LogP contribution in [0, 0.1) is 0 Å². The van der Waals surface area contributed by atoms with E-state index >= 15 is 0 Å². The molecule has 140 valence electrons. The van der Waals surface area contributed by atoms with Crippen LogP contribution in [0.5, 0.6) is 0 Å². The van der Waals surface area contributed by atoms with Gasteiger partial charge in [-0.3, -0.25) is 9.78 Å². The third-order valence-electron chi connectivity index (χ3n) is 4.72. The Morgan fingerprint density at radius 2 is 2.11 bits per heavy atom. The highest BCUT2D eigenvalue weighted by atomic mass is 32.2. The summed E-state index contributed by atoms with van der Waals surface area (Å²) in [7, 11) is 0. The van der Waals surface area contributed by atoms with Crippen LogP contribution in [0.4, 0.5) is 0 Å². The van der Waals surface area contributed by atoms with Gasteiger partial charge in [0.1, 0.15) is 16.4 Å². The molecule has 7 nitrogen and oxygen atoms in total. The van der Waals surface area contributed by atoms with E-state index in [4.69, 9.17) is 5.73 Å². The number of aromatic nitrogens is 4. The van der Waals surface area contributed by atoms with Gasteiger partial charge in [0.2, 0.25) is 0 Å². The largest absolute Gasteiger partial charge is 0.477 e. The number of carboxylic acid groups (broad SMARTS) is 1. The van der Waals surface area contributed by atoms with Crippen LogP contribution < -0.4 is 5.73 Å². The van der Waals surface area contributed by atoms with Crippen LogP contribution in [0.25, 0.3) is 11.3 Å². The van der Waals surface area contributed by atoms with Gasteiger partial charge in [0.15, 0.2) is 0 Å². The number of carboxylic acids is 1. The van der Waals surface area contributed by atoms with Crippen LogP contribution in [0.1, 0.15) is 33.7 Å². The van der Waals surface area contributed by atoms with E-state index in [0.29, 0.717) is 25.9 Å². The van der Waals surface area contributed by atoms with Gasteiger partial charge < -0.3 is 10.8 Å². The average Bonchev–Trinajstić information content (AvgIpc) is 3.26. The minimum absolute atomic E-state index is 0.282. The summed E-state index contributed by atoms with van der Waals surface area (Å²) in [4.78, 5) is 11.8. The lowest BCUT2D eigenvalue weighted by Gasteiger charge is -2.12. The van der Waals surface area contributed by atoms with Crippen LogP contribution in [-0.4, -0.2) is 37.6 Å². The van der Waals surface area contributed by atoms with Gasteiger partial charge in [-0.25, -0.2) is 4.79 Å². The van der Waals surface area contributed by atoms with Gasteiger partial charge in [0.05, 0.1) is 5.56 Å². The lowest BCUT2D eigenvalue weighted by molar-refractivity contribution is 0.0681. The molecule has 8 heteroatoms. The number of aryl methyl sites for hydroxylation is 2. The highest BCUT2D eigenvalue weighted by Crippen LogP contribution is 2.40. The molecule has 2 aromatic heterocycles. The lowest BCUT2D eigenvalue weighted by Crippen LogP contribution is -2.14. The maximum atomic E-state index is 11.8. The summed E-state index contributed by atoms with van der Waals surface area (Å²) in [5.41, 5.74) is 10.6. The quantitative estimate of drug-likeness (QED) is 0.541. The molecule has 2 heterocycles. The number of rotatable bonds is 7. The number of aromatic carboxylic acids is 1. The molecular formula is C19H21N5O2S. The zero-order chi connectivity index (χ0) is 18.8. The number of nitrogens with one attached hydrogen (secondary N) is 1. The molecule has 0 spiro atoms. The second kappa shape index (κ2) is 7.58. The van der Waals surface area contributed by atoms with Crippen LogP contribution in [0.3, 0.4) is 0 Å². The Bertz CT molecular complexity index is 964. The maximum Gasteiger partial charge on any atom is 0.354 e. The molecule has 4 rings (SSSR count). The molecule has 0 saturated heterocycles. The molecular weight excluding hydrogens is 362 g/mol. The molecule has 27 heavy (non-hydrogen) atoms. The number of nitrogens with zero attached hydrogens (tertiary/aromatic N) is 3. The van der Waals surface area contributed by atoms with Crippen molar-refractivity contribution >= 4 is 17.7 Å². The molecule has 0 aliphatic heterocycles. The average molecular weight is 383 g/mol. The summed E-state index contributed by atoms with van der Waals surface area (Å²) < 4.78 is 1.59. The Morgan fingerprint density at radius 1 is 1.30 bits per heavy atom. The first-order chi connectivity index (χ1) is 13.2. The number of nitrogens with two attached hydrogens (primary N) is 1. The van der Waals surface area contributed by atoms with E-state index in [-0.39, 0.29) is 5.69 Å². The number of hydrogen-bond acceptors (Lipinski definition) is 5. The number of fused-ring (bicyclic) bond motifs is 3. The molecule has 1 aromatic carbocycles. The van der Waals surface area contributed by atoms with Crippen LogP contribution in [0.15, 0.2) is 35.4 Å². The van der Waals surface area contributed by atoms with Crippen LogP contribution >= 0.6 is 11.8 Å². The normalized spacial score (nSPS) is 12.6. The topological polar surface area (TPSA) is 110 Å². The van der Waals surface area contributed by atoms with Gasteiger partial charge in [-0.15, -0.1) is 0 Å². The van der Waals surface area contributed by atoms with Crippen molar-refractivity contribution in [2.24, 2.45) is 5.73 Å². The third kappa shape index (κ3) is 3.38. The molecule has 0 fully saturated rings. The van der Waals surface area contributed by atoms with E-state index in [1.165, 1.54) is 5.56 Å². The Labute approximate surface area is 161 Å². The summed E-state index contributed by atoms with van der Waals surface area (Å²) in [5.74, 6) is -0.140. The summed E-state index contributed by atoms with van der Waals surface area (Å²) in [5, 5.41) is 22.8. The van der Waals surface area contributed by atoms with E-state index in [0.717, 1.165) is 39.7 Å². The number of hydrogen-bond donors (Lipinski definition) is 3. The standard InChI is InChI=1S/C19H21N5O2S/c20-9-4-10-24-17(19(25)26)13-7-8-14-15(16(13)23-24)18(22-21-14)27-11-12-5-2-1-3-6-12/h1-3,5-6H,4,7-11,20H2,(H,21,22)(H,25,26). The third-order valence-corrected chi connectivity index (χ3v) is 5.76. The number of H-pyrrole nitrogens is 1. The number of benzene rings is 1. The zero-order valence-electron chi connectivity index (χ0n) is 14.8. The first-order valence-corrected chi connectivity index (χ1v) is 9.95. The summed E-state index contributed by atoms with van der Waals surface area (Å²) in [6, 6.07) is 10.2. The molecule has 0 radical (unpaired) electrons. The Hall–Kier alpha value is -2.58. The Morgan fingerprint density at radius 3 is 2.85 bits per heavy atom. The highest BCUT2D eigenvalue weighted by molar-refractivity contribution is 7.98. The molecule has 0 bridgehead atoms. The maximum absolute atomic E-state index is 11.8. The number of thioether (sulfide) groups is 1. The van der Waals surface area contributed by atoms with Gasteiger partial charge in [-0.1, -0.05) is 42.1 Å².